The Hall–Kier alpha value is -4.58. The van der Waals surface area contributed by atoms with E-state index in [1.807, 2.05) is 0 Å². The molecule has 2 heterocycles. The minimum Gasteiger partial charge on any atom is -0.457 e. The Morgan fingerprint density at radius 2 is 1.60 bits per heavy atom. The largest absolute Gasteiger partial charge is 0.457 e. The van der Waals surface area contributed by atoms with E-state index < -0.39 is 0 Å². The molecule has 0 fully saturated rings. The number of aryl methyl sites for hydroxylation is 1. The van der Waals surface area contributed by atoms with E-state index in [9.17, 15) is 4.79 Å². The van der Waals surface area contributed by atoms with Crippen molar-refractivity contribution in [3.63, 3.8) is 0 Å². The second kappa shape index (κ2) is 16.6. The van der Waals surface area contributed by atoms with Crippen molar-refractivity contribution in [2.75, 3.05) is 18.0 Å². The van der Waals surface area contributed by atoms with Crippen LogP contribution >= 0.6 is 0 Å². The number of hydrogen-bond acceptors (Lipinski definition) is 3. The third-order valence-corrected chi connectivity index (χ3v) is 11.4. The van der Waals surface area contributed by atoms with Crippen LogP contribution in [0.25, 0.3) is 0 Å². The van der Waals surface area contributed by atoms with E-state index in [2.05, 4.69) is 153 Å². The molecule has 2 aliphatic heterocycles. The molecular weight excluding hydrogens is 649 g/mol. The van der Waals surface area contributed by atoms with E-state index in [0.717, 1.165) is 56.7 Å². The number of ether oxygens (including phenoxy) is 1. The predicted molar refractivity (Wildman–Crippen MR) is 221 cm³/mol. The van der Waals surface area contributed by atoms with Gasteiger partial charge in [0.05, 0.1) is 5.41 Å². The monoisotopic (exact) mass is 706 g/mol. The first-order valence-electron chi connectivity index (χ1n) is 19.7. The van der Waals surface area contributed by atoms with Crippen molar-refractivity contribution >= 4 is 31.0 Å². The zero-order chi connectivity index (χ0) is 37.6. The highest BCUT2D eigenvalue weighted by molar-refractivity contribution is 6.14. The van der Waals surface area contributed by atoms with E-state index in [4.69, 9.17) is 12.7 Å². The van der Waals surface area contributed by atoms with Gasteiger partial charge >= 0.3 is 0 Å². The van der Waals surface area contributed by atoms with E-state index in [1.54, 1.807) is 0 Å². The van der Waals surface area contributed by atoms with Crippen molar-refractivity contribution in [1.29, 1.82) is 0 Å². The van der Waals surface area contributed by atoms with Crippen LogP contribution < -0.4 is 14.9 Å². The number of carbonyl (C=O) groups excluding carboxylic acids is 1. The first-order chi connectivity index (χ1) is 25.6. The molecule has 6 rings (SSSR count). The fourth-order valence-electron chi connectivity index (χ4n) is 8.35. The highest BCUT2D eigenvalue weighted by Crippen LogP contribution is 2.48. The Kier molecular flexibility index (Phi) is 12.0. The standard InChI is InChI=1S/C47H57BN3O2/c1-7-8-14-32-50-40-21-11-9-19-38(40)46(3,4)42(50)30-26-35-17-16-18-36(45(35)53-37-28-24-34(2)25-29-37)27-31-43-47(5,6)39-20-10-12-22-41(39)51(43)33-15-13-23-44(52)49-48/h9-12,19-22,24-31H,7-8,13-18,23,32-33H2,1-6H3,(H,49,52)/q+1. The lowest BCUT2D eigenvalue weighted by Gasteiger charge is -2.27. The number of amides is 1. The van der Waals surface area contributed by atoms with Crippen LogP contribution in [0.5, 0.6) is 5.75 Å². The number of nitrogens with zero attached hydrogens (tertiary/aromatic N) is 2. The third kappa shape index (κ3) is 8.17. The van der Waals surface area contributed by atoms with Crippen LogP contribution in [0.1, 0.15) is 109 Å². The van der Waals surface area contributed by atoms with Crippen LogP contribution in [-0.2, 0) is 15.6 Å². The van der Waals surface area contributed by atoms with Gasteiger partial charge in [-0.3, -0.25) is 4.79 Å². The Balaban J connectivity index is 1.40. The average molecular weight is 707 g/mol. The number of para-hydroxylation sites is 2. The van der Waals surface area contributed by atoms with E-state index in [-0.39, 0.29) is 16.7 Å². The van der Waals surface area contributed by atoms with Crippen LogP contribution in [0, 0.1) is 6.92 Å². The Bertz CT molecular complexity index is 1960. The zero-order valence-electron chi connectivity index (χ0n) is 32.8. The molecule has 0 atom stereocenters. The highest BCUT2D eigenvalue weighted by atomic mass is 16.5. The smallest absolute Gasteiger partial charge is 0.226 e. The summed E-state index contributed by atoms with van der Waals surface area (Å²) in [5.74, 6) is 1.70. The molecular formula is C47H57BN3O2+. The average Bonchev–Trinajstić information content (AvgIpc) is 3.51. The lowest BCUT2D eigenvalue weighted by molar-refractivity contribution is -0.438. The summed E-state index contributed by atoms with van der Waals surface area (Å²) < 4.78 is 9.44. The number of unbranched alkanes of at least 4 members (excludes halogenated alkanes) is 3. The molecule has 1 N–H and O–H groups in total. The summed E-state index contributed by atoms with van der Waals surface area (Å²) in [6, 6.07) is 26.1. The van der Waals surface area contributed by atoms with Crippen molar-refractivity contribution in [2.45, 2.75) is 110 Å². The molecule has 2 radical (unpaired) electrons. The Labute approximate surface area is 319 Å². The molecule has 0 saturated carbocycles. The SMILES string of the molecule is [B]NC(=O)CCCCN1C(=CC=C2CCCC(C=CC3=[N+](CCCCC)c4ccccc4C3(C)C)=C2Oc2ccc(C)cc2)C(C)(C)c2ccccc21. The van der Waals surface area contributed by atoms with Gasteiger partial charge in [0.2, 0.25) is 19.6 Å². The van der Waals surface area contributed by atoms with Crippen LogP contribution in [-0.4, -0.2) is 37.3 Å². The van der Waals surface area contributed by atoms with Gasteiger partial charge in [-0.15, -0.1) is 0 Å². The number of allylic oxidation sites excluding steroid dienone is 7. The molecule has 3 aromatic rings. The van der Waals surface area contributed by atoms with Gasteiger partial charge in [-0.05, 0) is 106 Å². The molecule has 1 amide bonds. The van der Waals surface area contributed by atoms with E-state index >= 15 is 0 Å². The van der Waals surface area contributed by atoms with E-state index in [0.29, 0.717) is 6.42 Å². The zero-order valence-corrected chi connectivity index (χ0v) is 32.8. The van der Waals surface area contributed by atoms with Crippen LogP contribution in [0.3, 0.4) is 0 Å². The molecule has 53 heavy (non-hydrogen) atoms. The maximum Gasteiger partial charge on any atom is 0.226 e. The number of carbonyl (C=O) groups is 1. The molecule has 6 heteroatoms. The van der Waals surface area contributed by atoms with Crippen LogP contribution in [0.2, 0.25) is 0 Å². The molecule has 3 aliphatic rings. The summed E-state index contributed by atoms with van der Waals surface area (Å²) in [7, 11) is 5.35. The van der Waals surface area contributed by atoms with Gasteiger partial charge < -0.3 is 14.9 Å². The summed E-state index contributed by atoms with van der Waals surface area (Å²) in [6.45, 7) is 15.6. The summed E-state index contributed by atoms with van der Waals surface area (Å²) in [5, 5.41) is 2.26. The van der Waals surface area contributed by atoms with Crippen LogP contribution in [0.4, 0.5) is 11.4 Å². The third-order valence-electron chi connectivity index (χ3n) is 11.4. The van der Waals surface area contributed by atoms with Gasteiger partial charge in [-0.25, -0.2) is 0 Å². The van der Waals surface area contributed by atoms with Crippen molar-refractivity contribution in [3.8, 4) is 5.75 Å². The minimum absolute atomic E-state index is 0.101. The fourth-order valence-corrected chi connectivity index (χ4v) is 8.35. The Morgan fingerprint density at radius 1 is 0.868 bits per heavy atom. The molecule has 0 unspecified atom stereocenters. The van der Waals surface area contributed by atoms with E-state index in [1.165, 1.54) is 69.9 Å². The highest BCUT2D eigenvalue weighted by Gasteiger charge is 2.44. The second-order valence-electron chi connectivity index (χ2n) is 15.9. The first kappa shape index (κ1) is 38.2. The molecule has 1 aliphatic carbocycles. The van der Waals surface area contributed by atoms with Crippen LogP contribution in [0.15, 0.2) is 120 Å². The maximum atomic E-state index is 11.8. The number of anilines is 1. The second-order valence-corrected chi connectivity index (χ2v) is 15.9. The van der Waals surface area contributed by atoms with Gasteiger partial charge in [0, 0.05) is 53.9 Å². The van der Waals surface area contributed by atoms with Crippen molar-refractivity contribution in [3.05, 3.63) is 136 Å². The maximum absolute atomic E-state index is 11.8. The molecule has 0 aromatic heterocycles. The molecule has 0 spiro atoms. The summed E-state index contributed by atoms with van der Waals surface area (Å²) >= 11 is 0. The van der Waals surface area contributed by atoms with Gasteiger partial charge in [-0.2, -0.15) is 4.58 Å². The van der Waals surface area contributed by atoms with Gasteiger partial charge in [-0.1, -0.05) is 87.4 Å². The predicted octanol–water partition coefficient (Wildman–Crippen LogP) is 10.6. The quantitative estimate of drug-likeness (QED) is 0.103. The normalized spacial score (nSPS) is 19.0. The lowest BCUT2D eigenvalue weighted by Crippen LogP contribution is -2.28. The number of benzene rings is 3. The minimum atomic E-state index is -0.178. The number of hydrogen-bond donors (Lipinski definition) is 1. The first-order valence-corrected chi connectivity index (χ1v) is 19.7. The molecule has 0 bridgehead atoms. The summed E-state index contributed by atoms with van der Waals surface area (Å²) in [4.78, 5) is 14.3. The fraction of sp³-hybridized carbons (Fsp3) is 0.404. The van der Waals surface area contributed by atoms with Crippen molar-refractivity contribution in [1.82, 2.24) is 5.23 Å². The molecule has 5 nitrogen and oxygen atoms in total. The van der Waals surface area contributed by atoms with Crippen molar-refractivity contribution < 1.29 is 14.1 Å². The molecule has 0 saturated heterocycles. The van der Waals surface area contributed by atoms with Gasteiger partial charge in [0.1, 0.15) is 18.1 Å². The number of fused-ring (bicyclic) bond motifs is 2. The number of nitrogens with one attached hydrogen (secondary N) is 1. The van der Waals surface area contributed by atoms with Crippen molar-refractivity contribution in [2.24, 2.45) is 0 Å². The molecule has 3 aromatic carbocycles. The summed E-state index contributed by atoms with van der Waals surface area (Å²) in [5.41, 5.74) is 11.3. The van der Waals surface area contributed by atoms with Gasteiger partial charge in [0.15, 0.2) is 5.71 Å². The topological polar surface area (TPSA) is 44.6 Å². The summed E-state index contributed by atoms with van der Waals surface area (Å²) in [6.07, 6.45) is 18.0. The van der Waals surface area contributed by atoms with Gasteiger partial charge in [0.25, 0.3) is 0 Å². The lowest BCUT2D eigenvalue weighted by atomic mass is 9.81. The number of rotatable bonds is 14. The Morgan fingerprint density at radius 3 is 2.36 bits per heavy atom. The molecule has 274 valence electrons.